The molecule has 2 heterocycles. The molecule has 2 aromatic rings. The first-order valence-electron chi connectivity index (χ1n) is 9.11. The number of imide groups is 1. The lowest BCUT2D eigenvalue weighted by atomic mass is 10.0. The van der Waals surface area contributed by atoms with E-state index < -0.39 is 0 Å². The van der Waals surface area contributed by atoms with Crippen LogP contribution in [-0.2, 0) is 9.59 Å². The quantitative estimate of drug-likeness (QED) is 0.836. The van der Waals surface area contributed by atoms with Crippen molar-refractivity contribution in [1.29, 1.82) is 0 Å². The van der Waals surface area contributed by atoms with Crippen molar-refractivity contribution in [3.05, 3.63) is 42.5 Å². The van der Waals surface area contributed by atoms with Crippen LogP contribution >= 0.6 is 0 Å². The van der Waals surface area contributed by atoms with Crippen LogP contribution in [-0.4, -0.2) is 59.9 Å². The highest BCUT2D eigenvalue weighted by Gasteiger charge is 2.37. The maximum atomic E-state index is 12.4. The van der Waals surface area contributed by atoms with Gasteiger partial charge in [-0.1, -0.05) is 30.3 Å². The summed E-state index contributed by atoms with van der Waals surface area (Å²) in [6.45, 7) is 1.08. The average Bonchev–Trinajstić information content (AvgIpc) is 3.04. The van der Waals surface area contributed by atoms with Gasteiger partial charge in [-0.05, 0) is 35.7 Å². The second-order valence-corrected chi connectivity index (χ2v) is 6.83. The summed E-state index contributed by atoms with van der Waals surface area (Å²) in [5.41, 5.74) is 0. The molecule has 140 valence electrons. The highest BCUT2D eigenvalue weighted by molar-refractivity contribution is 6.02. The van der Waals surface area contributed by atoms with E-state index in [1.807, 2.05) is 42.5 Å². The molecule has 27 heavy (non-hydrogen) atoms. The van der Waals surface area contributed by atoms with Gasteiger partial charge in [-0.25, -0.2) is 4.79 Å². The number of carbonyl (C=O) groups is 3. The average molecular weight is 367 g/mol. The molecular formula is C20H21N3O4. The number of ether oxygens (including phenoxy) is 1. The van der Waals surface area contributed by atoms with Gasteiger partial charge in [0.1, 0.15) is 5.75 Å². The summed E-state index contributed by atoms with van der Waals surface area (Å²) in [5.74, 6) is 0.388. The van der Waals surface area contributed by atoms with E-state index in [1.54, 1.807) is 4.90 Å². The van der Waals surface area contributed by atoms with Gasteiger partial charge >= 0.3 is 6.03 Å². The highest BCUT2D eigenvalue weighted by Crippen LogP contribution is 2.22. The van der Waals surface area contributed by atoms with E-state index in [9.17, 15) is 14.4 Å². The first kappa shape index (κ1) is 17.3. The van der Waals surface area contributed by atoms with Crippen molar-refractivity contribution in [3.63, 3.8) is 0 Å². The molecule has 0 atom stereocenters. The van der Waals surface area contributed by atoms with E-state index in [2.05, 4.69) is 5.32 Å². The number of benzene rings is 2. The van der Waals surface area contributed by atoms with Crippen LogP contribution < -0.4 is 10.1 Å². The minimum atomic E-state index is -0.329. The lowest BCUT2D eigenvalue weighted by Crippen LogP contribution is -2.49. The van der Waals surface area contributed by atoms with E-state index in [1.165, 1.54) is 4.90 Å². The maximum Gasteiger partial charge on any atom is 0.324 e. The van der Waals surface area contributed by atoms with Gasteiger partial charge in [0, 0.05) is 19.1 Å². The van der Waals surface area contributed by atoms with Gasteiger partial charge in [0.05, 0.1) is 6.54 Å². The second-order valence-electron chi connectivity index (χ2n) is 6.83. The molecule has 2 aromatic carbocycles. The normalized spacial score (nSPS) is 18.1. The number of rotatable bonds is 4. The van der Waals surface area contributed by atoms with E-state index in [4.69, 9.17) is 4.74 Å². The van der Waals surface area contributed by atoms with E-state index >= 15 is 0 Å². The van der Waals surface area contributed by atoms with Crippen LogP contribution in [0.1, 0.15) is 12.8 Å². The first-order chi connectivity index (χ1) is 13.1. The smallest absolute Gasteiger partial charge is 0.324 e. The number of hydrogen-bond donors (Lipinski definition) is 1. The third kappa shape index (κ3) is 3.58. The molecular weight excluding hydrogens is 346 g/mol. The molecule has 0 bridgehead atoms. The maximum absolute atomic E-state index is 12.4. The lowest BCUT2D eigenvalue weighted by molar-refractivity contribution is -0.135. The van der Waals surface area contributed by atoms with Gasteiger partial charge in [-0.3, -0.25) is 14.5 Å². The molecule has 4 rings (SSSR count). The van der Waals surface area contributed by atoms with Crippen LogP contribution in [0.4, 0.5) is 4.79 Å². The Bertz CT molecular complexity index is 874. The number of nitrogens with zero attached hydrogens (tertiary/aromatic N) is 2. The molecule has 0 spiro atoms. The van der Waals surface area contributed by atoms with Crippen LogP contribution in [0.5, 0.6) is 5.75 Å². The predicted octanol–water partition coefficient (Wildman–Crippen LogP) is 1.76. The molecule has 0 aromatic heterocycles. The fourth-order valence-corrected chi connectivity index (χ4v) is 3.67. The number of nitrogens with one attached hydrogen (secondary N) is 1. The lowest BCUT2D eigenvalue weighted by Gasteiger charge is -2.35. The van der Waals surface area contributed by atoms with E-state index in [0.29, 0.717) is 31.7 Å². The Balaban J connectivity index is 1.30. The van der Waals surface area contributed by atoms with Crippen LogP contribution in [0.2, 0.25) is 0 Å². The predicted molar refractivity (Wildman–Crippen MR) is 99.3 cm³/mol. The summed E-state index contributed by atoms with van der Waals surface area (Å²) in [7, 11) is 0. The minimum absolute atomic E-state index is 0.0217. The number of piperidine rings is 1. The molecule has 1 N–H and O–H groups in total. The van der Waals surface area contributed by atoms with Crippen LogP contribution in [0, 0.1) is 0 Å². The summed E-state index contributed by atoms with van der Waals surface area (Å²) in [4.78, 5) is 39.0. The van der Waals surface area contributed by atoms with Crippen LogP contribution in [0.3, 0.4) is 0 Å². The molecule has 0 radical (unpaired) electrons. The molecule has 0 aliphatic carbocycles. The molecule has 2 aliphatic heterocycles. The van der Waals surface area contributed by atoms with Crippen molar-refractivity contribution >= 4 is 28.6 Å². The zero-order valence-corrected chi connectivity index (χ0v) is 14.9. The molecule has 7 heteroatoms. The molecule has 2 saturated heterocycles. The molecule has 0 unspecified atom stereocenters. The van der Waals surface area contributed by atoms with Crippen molar-refractivity contribution < 1.29 is 19.1 Å². The van der Waals surface area contributed by atoms with E-state index in [0.717, 1.165) is 10.8 Å². The van der Waals surface area contributed by atoms with Crippen LogP contribution in [0.25, 0.3) is 10.8 Å². The minimum Gasteiger partial charge on any atom is -0.484 e. The Morgan fingerprint density at radius 2 is 1.81 bits per heavy atom. The van der Waals surface area contributed by atoms with Crippen molar-refractivity contribution in [2.75, 3.05) is 26.2 Å². The van der Waals surface area contributed by atoms with Gasteiger partial charge in [0.15, 0.2) is 6.61 Å². The molecule has 4 amide bonds. The topological polar surface area (TPSA) is 79.0 Å². The number of likely N-dealkylation sites (tertiary alicyclic amines) is 1. The Morgan fingerprint density at radius 1 is 1.07 bits per heavy atom. The van der Waals surface area contributed by atoms with Crippen LogP contribution in [0.15, 0.2) is 42.5 Å². The van der Waals surface area contributed by atoms with Crippen molar-refractivity contribution in [2.24, 2.45) is 0 Å². The molecule has 2 aliphatic rings. The van der Waals surface area contributed by atoms with Gasteiger partial charge in [0.25, 0.3) is 5.91 Å². The number of hydrogen-bond acceptors (Lipinski definition) is 4. The molecule has 2 fully saturated rings. The van der Waals surface area contributed by atoms with Gasteiger partial charge in [0.2, 0.25) is 5.91 Å². The Kier molecular flexibility index (Phi) is 4.66. The molecule has 0 saturated carbocycles. The van der Waals surface area contributed by atoms with Crippen molar-refractivity contribution in [1.82, 2.24) is 15.1 Å². The van der Waals surface area contributed by atoms with E-state index in [-0.39, 0.29) is 37.0 Å². The first-order valence-corrected chi connectivity index (χ1v) is 9.11. The fraction of sp³-hybridized carbons (Fsp3) is 0.350. The Labute approximate surface area is 156 Å². The standard InChI is InChI=1S/C20H21N3O4/c24-18-12-21-20(26)23(18)16-7-9-22(10-8-16)19(25)13-27-17-6-5-14-3-1-2-4-15(14)11-17/h1-6,11,16H,7-10,12-13H2,(H,21,26). The van der Waals surface area contributed by atoms with Gasteiger partial charge < -0.3 is 15.0 Å². The third-order valence-electron chi connectivity index (χ3n) is 5.14. The Hall–Kier alpha value is -3.09. The number of carbonyl (C=O) groups excluding carboxylic acids is 3. The second kappa shape index (κ2) is 7.26. The zero-order chi connectivity index (χ0) is 18.8. The highest BCUT2D eigenvalue weighted by atomic mass is 16.5. The third-order valence-corrected chi connectivity index (χ3v) is 5.14. The SMILES string of the molecule is O=C(COc1ccc2ccccc2c1)N1CCC(N2C(=O)CNC2=O)CC1. The summed E-state index contributed by atoms with van der Waals surface area (Å²) in [6.07, 6.45) is 1.20. The Morgan fingerprint density at radius 3 is 2.52 bits per heavy atom. The molecule has 7 nitrogen and oxygen atoms in total. The summed E-state index contributed by atoms with van der Waals surface area (Å²) in [5, 5.41) is 4.73. The monoisotopic (exact) mass is 367 g/mol. The fourth-order valence-electron chi connectivity index (χ4n) is 3.67. The van der Waals surface area contributed by atoms with Crippen molar-refractivity contribution in [2.45, 2.75) is 18.9 Å². The summed E-state index contributed by atoms with van der Waals surface area (Å²) >= 11 is 0. The number of amides is 4. The largest absolute Gasteiger partial charge is 0.484 e. The van der Waals surface area contributed by atoms with Gasteiger partial charge in [-0.15, -0.1) is 0 Å². The van der Waals surface area contributed by atoms with Crippen molar-refractivity contribution in [3.8, 4) is 5.75 Å². The zero-order valence-electron chi connectivity index (χ0n) is 14.9. The number of fused-ring (bicyclic) bond motifs is 1. The number of urea groups is 1. The van der Waals surface area contributed by atoms with Gasteiger partial charge in [-0.2, -0.15) is 0 Å². The summed E-state index contributed by atoms with van der Waals surface area (Å²) < 4.78 is 5.67. The summed E-state index contributed by atoms with van der Waals surface area (Å²) in [6, 6.07) is 13.3.